The van der Waals surface area contributed by atoms with Crippen molar-refractivity contribution in [2.24, 2.45) is 0 Å². The number of rotatable bonds is 1. The standard InChI is InChI=1S/C4H10N.Na/c1-4-5(2)3;/h4H,1-3H3;/q-1;+1. The predicted octanol–water partition coefficient (Wildman–Crippen LogP) is -2.27. The summed E-state index contributed by atoms with van der Waals surface area (Å²) in [5.41, 5.74) is 0. The Bertz CT molecular complexity index is 21.5. The summed E-state index contributed by atoms with van der Waals surface area (Å²) in [6.07, 6.45) is 0. The Kier molecular flexibility index (Phi) is 9.98. The normalized spacial score (nSPS) is 8.00. The maximum Gasteiger partial charge on any atom is 1.00 e. The van der Waals surface area contributed by atoms with Crippen molar-refractivity contribution in [2.45, 2.75) is 6.92 Å². The maximum absolute atomic E-state index is 2.00. The van der Waals surface area contributed by atoms with Crippen molar-refractivity contribution in [3.05, 3.63) is 6.54 Å². The van der Waals surface area contributed by atoms with Gasteiger partial charge in [0.2, 0.25) is 0 Å². The number of nitrogens with zero attached hydrogens (tertiary/aromatic N) is 1. The van der Waals surface area contributed by atoms with Gasteiger partial charge in [0.25, 0.3) is 0 Å². The molecule has 0 heterocycles. The van der Waals surface area contributed by atoms with Gasteiger partial charge < -0.3 is 4.90 Å². The fourth-order valence-corrected chi connectivity index (χ4v) is 0. The van der Waals surface area contributed by atoms with Crippen molar-refractivity contribution in [2.75, 3.05) is 14.1 Å². The SMILES string of the molecule is C[CH-]N(C)C.[Na+]. The first kappa shape index (κ1) is 10.0. The van der Waals surface area contributed by atoms with Gasteiger partial charge in [-0.3, -0.25) is 6.54 Å². The molecule has 0 aromatic heterocycles. The van der Waals surface area contributed by atoms with Crippen LogP contribution in [0.1, 0.15) is 6.92 Å². The van der Waals surface area contributed by atoms with Crippen LogP contribution >= 0.6 is 0 Å². The first-order valence-electron chi connectivity index (χ1n) is 1.73. The van der Waals surface area contributed by atoms with Crippen LogP contribution in [0.15, 0.2) is 0 Å². The molecule has 0 fully saturated rings. The molecule has 0 spiro atoms. The van der Waals surface area contributed by atoms with E-state index in [9.17, 15) is 0 Å². The minimum Gasteiger partial charge on any atom is -0.462 e. The minimum absolute atomic E-state index is 0. The minimum atomic E-state index is 0. The van der Waals surface area contributed by atoms with Gasteiger partial charge in [-0.15, -0.1) is 0 Å². The Morgan fingerprint density at radius 2 is 1.50 bits per heavy atom. The summed E-state index contributed by atoms with van der Waals surface area (Å²) in [4.78, 5) is 2.00. The van der Waals surface area contributed by atoms with Crippen molar-refractivity contribution in [3.8, 4) is 0 Å². The van der Waals surface area contributed by atoms with Gasteiger partial charge in [0.15, 0.2) is 0 Å². The van der Waals surface area contributed by atoms with E-state index >= 15 is 0 Å². The average Bonchev–Trinajstić information content (AvgIpc) is 1.38. The van der Waals surface area contributed by atoms with E-state index in [0.29, 0.717) is 0 Å². The van der Waals surface area contributed by atoms with Gasteiger partial charge in [0, 0.05) is 0 Å². The Morgan fingerprint density at radius 1 is 1.33 bits per heavy atom. The van der Waals surface area contributed by atoms with Crippen LogP contribution < -0.4 is 29.6 Å². The van der Waals surface area contributed by atoms with Gasteiger partial charge in [0.05, 0.1) is 0 Å². The van der Waals surface area contributed by atoms with Crippen molar-refractivity contribution in [3.63, 3.8) is 0 Å². The third-order valence-corrected chi connectivity index (χ3v) is 0.516. The smallest absolute Gasteiger partial charge is 0.462 e. The van der Waals surface area contributed by atoms with Crippen molar-refractivity contribution in [1.29, 1.82) is 0 Å². The second-order valence-corrected chi connectivity index (χ2v) is 1.22. The Balaban J connectivity index is 0. The molecule has 0 aromatic carbocycles. The van der Waals surface area contributed by atoms with E-state index in [1.54, 1.807) is 0 Å². The molecule has 0 saturated carbocycles. The van der Waals surface area contributed by atoms with Crippen LogP contribution in [0.3, 0.4) is 0 Å². The molecule has 0 N–H and O–H groups in total. The summed E-state index contributed by atoms with van der Waals surface area (Å²) in [5, 5.41) is 0. The van der Waals surface area contributed by atoms with E-state index in [4.69, 9.17) is 0 Å². The fraction of sp³-hybridized carbons (Fsp3) is 0.750. The Morgan fingerprint density at radius 3 is 1.50 bits per heavy atom. The van der Waals surface area contributed by atoms with E-state index in [2.05, 4.69) is 0 Å². The summed E-state index contributed by atoms with van der Waals surface area (Å²) in [6.45, 7) is 4.00. The van der Waals surface area contributed by atoms with E-state index in [0.717, 1.165) is 0 Å². The van der Waals surface area contributed by atoms with Gasteiger partial charge in [-0.25, -0.2) is 0 Å². The van der Waals surface area contributed by atoms with Crippen LogP contribution in [0.5, 0.6) is 0 Å². The molecule has 0 unspecified atom stereocenters. The summed E-state index contributed by atoms with van der Waals surface area (Å²) >= 11 is 0. The third-order valence-electron chi connectivity index (χ3n) is 0.516. The van der Waals surface area contributed by atoms with Gasteiger partial charge in [-0.05, 0) is 14.1 Å². The van der Waals surface area contributed by atoms with Crippen LogP contribution in [0.25, 0.3) is 0 Å². The van der Waals surface area contributed by atoms with Gasteiger partial charge in [-0.1, -0.05) is 0 Å². The second kappa shape index (κ2) is 5.96. The second-order valence-electron chi connectivity index (χ2n) is 1.22. The summed E-state index contributed by atoms with van der Waals surface area (Å²) in [6, 6.07) is 0. The molecule has 32 valence electrons. The maximum atomic E-state index is 2.00. The van der Waals surface area contributed by atoms with Crippen LogP contribution in [0.4, 0.5) is 0 Å². The first-order chi connectivity index (χ1) is 2.27. The topological polar surface area (TPSA) is 3.24 Å². The molecule has 0 rings (SSSR count). The zero-order valence-electron chi connectivity index (χ0n) is 5.02. The van der Waals surface area contributed by atoms with Gasteiger partial charge in [0.1, 0.15) is 0 Å². The van der Waals surface area contributed by atoms with Crippen LogP contribution in [-0.4, -0.2) is 19.0 Å². The third kappa shape index (κ3) is 8.88. The van der Waals surface area contributed by atoms with E-state index in [1.807, 2.05) is 32.5 Å². The molecular formula is C4H10NNa. The fourth-order valence-electron chi connectivity index (χ4n) is 0. The predicted molar refractivity (Wildman–Crippen MR) is 23.7 cm³/mol. The van der Waals surface area contributed by atoms with E-state index in [1.165, 1.54) is 0 Å². The first-order valence-corrected chi connectivity index (χ1v) is 1.73. The molecule has 2 heteroatoms. The van der Waals surface area contributed by atoms with Crippen LogP contribution in [-0.2, 0) is 0 Å². The molecular weight excluding hydrogens is 85.0 g/mol. The Labute approximate surface area is 62.0 Å². The molecule has 0 aliphatic carbocycles. The molecule has 0 saturated heterocycles. The van der Waals surface area contributed by atoms with Crippen LogP contribution in [0, 0.1) is 6.54 Å². The molecule has 0 aliphatic heterocycles. The molecule has 0 aromatic rings. The van der Waals surface area contributed by atoms with E-state index in [-0.39, 0.29) is 29.6 Å². The molecule has 0 amide bonds. The quantitative estimate of drug-likeness (QED) is 0.262. The van der Waals surface area contributed by atoms with Crippen LogP contribution in [0.2, 0.25) is 0 Å². The summed E-state index contributed by atoms with van der Waals surface area (Å²) in [7, 11) is 4.00. The average molecular weight is 95.1 g/mol. The van der Waals surface area contributed by atoms with Crippen molar-refractivity contribution in [1.82, 2.24) is 4.90 Å². The monoisotopic (exact) mass is 95.1 g/mol. The molecule has 1 nitrogen and oxygen atoms in total. The van der Waals surface area contributed by atoms with Gasteiger partial charge >= 0.3 is 29.6 Å². The Hall–Kier alpha value is 0.960. The molecule has 0 radical (unpaired) electrons. The molecule has 6 heavy (non-hydrogen) atoms. The zero-order chi connectivity index (χ0) is 4.28. The number of hydrogen-bond acceptors (Lipinski definition) is 1. The molecule has 0 atom stereocenters. The van der Waals surface area contributed by atoms with Crippen molar-refractivity contribution < 1.29 is 29.6 Å². The molecule has 0 aliphatic rings. The van der Waals surface area contributed by atoms with E-state index < -0.39 is 0 Å². The largest absolute Gasteiger partial charge is 1.00 e. The summed E-state index contributed by atoms with van der Waals surface area (Å²) in [5.74, 6) is 0. The number of hydrogen-bond donors (Lipinski definition) is 0. The zero-order valence-corrected chi connectivity index (χ0v) is 7.02. The summed E-state index contributed by atoms with van der Waals surface area (Å²) < 4.78 is 0. The van der Waals surface area contributed by atoms with Crippen molar-refractivity contribution >= 4 is 0 Å². The molecule has 0 bridgehead atoms. The van der Waals surface area contributed by atoms with Gasteiger partial charge in [-0.2, -0.15) is 6.92 Å².